The normalized spacial score (nSPS) is 11.0. The molecule has 5 nitrogen and oxygen atoms in total. The standard InChI is InChI=1S/C22H32N2O3/c1-5-6-7-9-18-21(17-10-11-19(27-4)15(2)14-17)20(22(23)26)16(3)24(18)12-8-13-25/h10-11,14,25H,5-9,12-13H2,1-4H3,(H2,23,26). The maximum atomic E-state index is 12.3. The van der Waals surface area contributed by atoms with E-state index in [1.807, 2.05) is 26.0 Å². The maximum absolute atomic E-state index is 12.3. The van der Waals surface area contributed by atoms with Gasteiger partial charge in [0.05, 0.1) is 12.7 Å². The van der Waals surface area contributed by atoms with Gasteiger partial charge in [-0.2, -0.15) is 0 Å². The van der Waals surface area contributed by atoms with Crippen molar-refractivity contribution < 1.29 is 14.6 Å². The number of nitrogens with two attached hydrogens (primary N) is 1. The molecule has 0 saturated carbocycles. The Labute approximate surface area is 162 Å². The molecule has 2 aromatic rings. The fourth-order valence-electron chi connectivity index (χ4n) is 3.78. The highest BCUT2D eigenvalue weighted by molar-refractivity contribution is 6.02. The predicted octanol–water partition coefficient (Wildman–Crippen LogP) is 3.99. The Hall–Kier alpha value is -2.27. The lowest BCUT2D eigenvalue weighted by atomic mass is 9.96. The molecule has 1 aromatic carbocycles. The monoisotopic (exact) mass is 372 g/mol. The lowest BCUT2D eigenvalue weighted by molar-refractivity contribution is 0.1000. The Balaban J connectivity index is 2.67. The van der Waals surface area contributed by atoms with Crippen LogP contribution in [0.1, 0.15) is 59.9 Å². The summed E-state index contributed by atoms with van der Waals surface area (Å²) in [5, 5.41) is 9.30. The third kappa shape index (κ3) is 4.53. The average molecular weight is 373 g/mol. The first-order chi connectivity index (χ1) is 13.0. The van der Waals surface area contributed by atoms with Gasteiger partial charge in [-0.05, 0) is 56.4 Å². The molecule has 0 unspecified atom stereocenters. The second-order valence-corrected chi connectivity index (χ2v) is 7.02. The van der Waals surface area contributed by atoms with Gasteiger partial charge in [-0.25, -0.2) is 0 Å². The number of amides is 1. The van der Waals surface area contributed by atoms with E-state index in [0.29, 0.717) is 18.5 Å². The first-order valence-electron chi connectivity index (χ1n) is 9.73. The fourth-order valence-corrected chi connectivity index (χ4v) is 3.78. The SMILES string of the molecule is CCCCCc1c(-c2ccc(OC)c(C)c2)c(C(N)=O)c(C)n1CCCO. The van der Waals surface area contributed by atoms with Crippen molar-refractivity contribution in [3.8, 4) is 16.9 Å². The molecule has 2 rings (SSSR count). The fraction of sp³-hybridized carbons (Fsp3) is 0.500. The van der Waals surface area contributed by atoms with Gasteiger partial charge < -0.3 is 20.1 Å². The Morgan fingerprint density at radius 2 is 1.96 bits per heavy atom. The highest BCUT2D eigenvalue weighted by Crippen LogP contribution is 2.36. The van der Waals surface area contributed by atoms with Gasteiger partial charge in [0.15, 0.2) is 0 Å². The predicted molar refractivity (Wildman–Crippen MR) is 109 cm³/mol. The van der Waals surface area contributed by atoms with Crippen LogP contribution >= 0.6 is 0 Å². The number of aryl methyl sites for hydroxylation is 1. The molecular weight excluding hydrogens is 340 g/mol. The third-order valence-electron chi connectivity index (χ3n) is 5.12. The molecule has 0 fully saturated rings. The van der Waals surface area contributed by atoms with Crippen molar-refractivity contribution in [1.82, 2.24) is 4.57 Å². The number of hydrogen-bond acceptors (Lipinski definition) is 3. The van der Waals surface area contributed by atoms with Crippen molar-refractivity contribution in [3.05, 3.63) is 40.7 Å². The summed E-state index contributed by atoms with van der Waals surface area (Å²) in [6.07, 6.45) is 4.86. The lowest BCUT2D eigenvalue weighted by Crippen LogP contribution is -2.13. The molecule has 3 N–H and O–H groups in total. The molecular formula is C22H32N2O3. The minimum atomic E-state index is -0.407. The summed E-state index contributed by atoms with van der Waals surface area (Å²) < 4.78 is 7.55. The van der Waals surface area contributed by atoms with Crippen molar-refractivity contribution in [2.24, 2.45) is 5.73 Å². The number of aliphatic hydroxyl groups is 1. The molecule has 1 heterocycles. The van der Waals surface area contributed by atoms with E-state index < -0.39 is 5.91 Å². The van der Waals surface area contributed by atoms with Gasteiger partial charge in [0, 0.05) is 30.1 Å². The number of benzene rings is 1. The van der Waals surface area contributed by atoms with Crippen LogP contribution in [0.5, 0.6) is 5.75 Å². The Morgan fingerprint density at radius 1 is 1.22 bits per heavy atom. The van der Waals surface area contributed by atoms with Crippen molar-refractivity contribution in [3.63, 3.8) is 0 Å². The number of aromatic nitrogens is 1. The number of unbranched alkanes of at least 4 members (excludes halogenated alkanes) is 2. The first-order valence-corrected chi connectivity index (χ1v) is 9.73. The van der Waals surface area contributed by atoms with Crippen molar-refractivity contribution in [1.29, 1.82) is 0 Å². The topological polar surface area (TPSA) is 77.5 Å². The van der Waals surface area contributed by atoms with Crippen molar-refractivity contribution in [2.75, 3.05) is 13.7 Å². The second kappa shape index (κ2) is 9.60. The van der Waals surface area contributed by atoms with E-state index in [4.69, 9.17) is 10.5 Å². The zero-order valence-electron chi connectivity index (χ0n) is 17.0. The van der Waals surface area contributed by atoms with Crippen molar-refractivity contribution in [2.45, 2.75) is 59.4 Å². The lowest BCUT2D eigenvalue weighted by Gasteiger charge is -2.14. The number of ether oxygens (including phenoxy) is 1. The number of primary amides is 1. The summed E-state index contributed by atoms with van der Waals surface area (Å²) in [4.78, 5) is 12.3. The van der Waals surface area contributed by atoms with Crippen LogP contribution in [0.25, 0.3) is 11.1 Å². The van der Waals surface area contributed by atoms with E-state index in [0.717, 1.165) is 59.5 Å². The van der Waals surface area contributed by atoms with Gasteiger partial charge in [-0.15, -0.1) is 0 Å². The summed E-state index contributed by atoms with van der Waals surface area (Å²) in [6, 6.07) is 5.98. The molecule has 0 saturated heterocycles. The molecule has 1 amide bonds. The number of carbonyl (C=O) groups is 1. The van der Waals surface area contributed by atoms with Gasteiger partial charge in [-0.1, -0.05) is 25.8 Å². The van der Waals surface area contributed by atoms with Gasteiger partial charge in [0.1, 0.15) is 5.75 Å². The number of carbonyl (C=O) groups excluding carboxylic acids is 1. The molecule has 0 aliphatic carbocycles. The van der Waals surface area contributed by atoms with Crippen LogP contribution in [0.4, 0.5) is 0 Å². The molecule has 27 heavy (non-hydrogen) atoms. The van der Waals surface area contributed by atoms with Gasteiger partial charge in [-0.3, -0.25) is 4.79 Å². The minimum absolute atomic E-state index is 0.120. The van der Waals surface area contributed by atoms with Crippen LogP contribution in [-0.2, 0) is 13.0 Å². The molecule has 148 valence electrons. The van der Waals surface area contributed by atoms with E-state index in [1.54, 1.807) is 7.11 Å². The molecule has 0 spiro atoms. The van der Waals surface area contributed by atoms with E-state index in [-0.39, 0.29) is 6.61 Å². The number of methoxy groups -OCH3 is 1. The molecule has 0 radical (unpaired) electrons. The molecule has 0 bridgehead atoms. The Kier molecular flexibility index (Phi) is 7.48. The second-order valence-electron chi connectivity index (χ2n) is 7.02. The summed E-state index contributed by atoms with van der Waals surface area (Å²) >= 11 is 0. The number of rotatable bonds is 10. The number of nitrogens with zero attached hydrogens (tertiary/aromatic N) is 1. The minimum Gasteiger partial charge on any atom is -0.496 e. The van der Waals surface area contributed by atoms with Crippen LogP contribution in [0, 0.1) is 13.8 Å². The van der Waals surface area contributed by atoms with Crippen molar-refractivity contribution >= 4 is 5.91 Å². The summed E-state index contributed by atoms with van der Waals surface area (Å²) in [6.45, 7) is 6.92. The Bertz CT molecular complexity index is 793. The largest absolute Gasteiger partial charge is 0.496 e. The average Bonchev–Trinajstić information content (AvgIpc) is 2.92. The van der Waals surface area contributed by atoms with Crippen LogP contribution in [0.3, 0.4) is 0 Å². The highest BCUT2D eigenvalue weighted by Gasteiger charge is 2.24. The maximum Gasteiger partial charge on any atom is 0.251 e. The van der Waals surface area contributed by atoms with E-state index in [1.165, 1.54) is 0 Å². The third-order valence-corrected chi connectivity index (χ3v) is 5.12. The summed E-state index contributed by atoms with van der Waals surface area (Å²) in [5.74, 6) is 0.416. The molecule has 0 aliphatic rings. The van der Waals surface area contributed by atoms with Gasteiger partial charge in [0.2, 0.25) is 0 Å². The zero-order chi connectivity index (χ0) is 20.0. The van der Waals surface area contributed by atoms with Gasteiger partial charge in [0.25, 0.3) is 5.91 Å². The van der Waals surface area contributed by atoms with Crippen LogP contribution in [0.15, 0.2) is 18.2 Å². The Morgan fingerprint density at radius 3 is 2.52 bits per heavy atom. The van der Waals surface area contributed by atoms with Crippen LogP contribution < -0.4 is 10.5 Å². The highest BCUT2D eigenvalue weighted by atomic mass is 16.5. The summed E-state index contributed by atoms with van der Waals surface area (Å²) in [5.41, 5.74) is 11.3. The zero-order valence-corrected chi connectivity index (χ0v) is 17.0. The van der Waals surface area contributed by atoms with Crippen LogP contribution in [-0.4, -0.2) is 29.3 Å². The molecule has 5 heteroatoms. The quantitative estimate of drug-likeness (QED) is 0.619. The molecule has 0 atom stereocenters. The van der Waals surface area contributed by atoms with E-state index in [2.05, 4.69) is 17.6 Å². The molecule has 1 aromatic heterocycles. The van der Waals surface area contributed by atoms with E-state index in [9.17, 15) is 9.90 Å². The first kappa shape index (κ1) is 21.0. The molecule has 0 aliphatic heterocycles. The van der Waals surface area contributed by atoms with Crippen LogP contribution in [0.2, 0.25) is 0 Å². The van der Waals surface area contributed by atoms with Gasteiger partial charge >= 0.3 is 0 Å². The smallest absolute Gasteiger partial charge is 0.251 e. The van der Waals surface area contributed by atoms with E-state index >= 15 is 0 Å². The number of hydrogen-bond donors (Lipinski definition) is 2. The summed E-state index contributed by atoms with van der Waals surface area (Å²) in [7, 11) is 1.66. The number of aliphatic hydroxyl groups excluding tert-OH is 1.